The summed E-state index contributed by atoms with van der Waals surface area (Å²) in [4.78, 5) is 11.7. The van der Waals surface area contributed by atoms with Crippen LogP contribution in [0.5, 0.6) is 5.75 Å². The average Bonchev–Trinajstić information content (AvgIpc) is 2.31. The Morgan fingerprint density at radius 3 is 3.12 bits per heavy atom. The molecule has 3 rings (SSSR count). The number of pyridine rings is 1. The lowest BCUT2D eigenvalue weighted by Crippen LogP contribution is -2.23. The number of hydrogen-bond donors (Lipinski definition) is 0. The quantitative estimate of drug-likeness (QED) is 0.749. The molecule has 0 spiro atoms. The van der Waals surface area contributed by atoms with Crippen LogP contribution in [-0.2, 0) is 0 Å². The normalized spacial score (nSPS) is 18.2. The summed E-state index contributed by atoms with van der Waals surface area (Å²) in [6, 6.07) is 2.84. The molecule has 1 aromatic carbocycles. The number of aromatic nitrogens is 1. The van der Waals surface area contributed by atoms with Crippen LogP contribution in [0.2, 0.25) is 0 Å². The molecule has 1 atom stereocenters. The van der Waals surface area contributed by atoms with Gasteiger partial charge in [0.25, 0.3) is 0 Å². The van der Waals surface area contributed by atoms with Crippen molar-refractivity contribution in [3.05, 3.63) is 38.8 Å². The van der Waals surface area contributed by atoms with Crippen LogP contribution in [0.3, 0.4) is 0 Å². The second-order valence-electron chi connectivity index (χ2n) is 4.14. The van der Waals surface area contributed by atoms with Gasteiger partial charge in [0.2, 0.25) is 0 Å². The third-order valence-corrected chi connectivity index (χ3v) is 3.74. The Morgan fingerprint density at radius 2 is 2.35 bits per heavy atom. The maximum Gasteiger partial charge on any atom is 0.189 e. The highest BCUT2D eigenvalue weighted by atomic mass is 79.9. The number of benzene rings is 1. The van der Waals surface area contributed by atoms with E-state index in [4.69, 9.17) is 4.74 Å². The molecule has 0 aliphatic carbocycles. The van der Waals surface area contributed by atoms with Crippen molar-refractivity contribution < 1.29 is 9.13 Å². The molecule has 17 heavy (non-hydrogen) atoms. The van der Waals surface area contributed by atoms with E-state index in [1.165, 1.54) is 12.1 Å². The number of nitrogens with zero attached hydrogens (tertiary/aromatic N) is 1. The van der Waals surface area contributed by atoms with Gasteiger partial charge in [-0.05, 0) is 28.9 Å². The first kappa shape index (κ1) is 10.8. The summed E-state index contributed by atoms with van der Waals surface area (Å²) >= 11 is 3.16. The fraction of sp³-hybridized carbons (Fsp3) is 0.250. The molecule has 1 unspecified atom stereocenters. The van der Waals surface area contributed by atoms with Gasteiger partial charge in [-0.15, -0.1) is 0 Å². The summed E-state index contributed by atoms with van der Waals surface area (Å²) in [5.41, 5.74) is 0.464. The van der Waals surface area contributed by atoms with Crippen LogP contribution in [0.15, 0.2) is 27.6 Å². The predicted octanol–water partition coefficient (Wildman–Crippen LogP) is 2.86. The maximum absolute atomic E-state index is 13.7. The molecule has 0 saturated heterocycles. The third-order valence-electron chi connectivity index (χ3n) is 3.00. The molecule has 1 aromatic heterocycles. The third kappa shape index (κ3) is 1.42. The molecule has 0 bridgehead atoms. The van der Waals surface area contributed by atoms with Crippen LogP contribution < -0.4 is 10.2 Å². The van der Waals surface area contributed by atoms with E-state index < -0.39 is 5.82 Å². The lowest BCUT2D eigenvalue weighted by molar-refractivity contribution is 0.244. The van der Waals surface area contributed by atoms with Crippen molar-refractivity contribution in [3.8, 4) is 5.75 Å². The highest BCUT2D eigenvalue weighted by Gasteiger charge is 2.23. The number of ether oxygens (including phenoxy) is 1. The number of rotatable bonds is 0. The lowest BCUT2D eigenvalue weighted by Gasteiger charge is -2.27. The Labute approximate surface area is 105 Å². The van der Waals surface area contributed by atoms with Crippen molar-refractivity contribution in [3.63, 3.8) is 0 Å². The monoisotopic (exact) mass is 297 g/mol. The Kier molecular flexibility index (Phi) is 2.26. The smallest absolute Gasteiger partial charge is 0.189 e. The first-order valence-corrected chi connectivity index (χ1v) is 6.04. The Bertz CT molecular complexity index is 680. The zero-order valence-corrected chi connectivity index (χ0v) is 10.6. The molecule has 1 aliphatic rings. The van der Waals surface area contributed by atoms with E-state index in [1.54, 1.807) is 6.20 Å². The minimum Gasteiger partial charge on any atom is -0.488 e. The summed E-state index contributed by atoms with van der Waals surface area (Å²) in [6.07, 6.45) is 1.73. The van der Waals surface area contributed by atoms with Gasteiger partial charge in [-0.25, -0.2) is 4.39 Å². The molecule has 0 amide bonds. The molecule has 5 heteroatoms. The molecule has 0 radical (unpaired) electrons. The maximum atomic E-state index is 13.7. The molecule has 0 fully saturated rings. The summed E-state index contributed by atoms with van der Waals surface area (Å²) in [7, 11) is 0. The fourth-order valence-corrected chi connectivity index (χ4v) is 2.55. The summed E-state index contributed by atoms with van der Waals surface area (Å²) in [6.45, 7) is 2.46. The van der Waals surface area contributed by atoms with Gasteiger partial charge < -0.3 is 9.30 Å². The van der Waals surface area contributed by atoms with E-state index in [2.05, 4.69) is 15.9 Å². The van der Waals surface area contributed by atoms with Crippen LogP contribution in [0.1, 0.15) is 13.0 Å². The van der Waals surface area contributed by atoms with E-state index in [-0.39, 0.29) is 15.9 Å². The van der Waals surface area contributed by atoms with Gasteiger partial charge in [0.05, 0.1) is 21.4 Å². The van der Waals surface area contributed by atoms with Gasteiger partial charge in [-0.3, -0.25) is 4.79 Å². The number of hydrogen-bond acceptors (Lipinski definition) is 2. The largest absolute Gasteiger partial charge is 0.488 e. The minimum absolute atomic E-state index is 0.128. The van der Waals surface area contributed by atoms with Crippen molar-refractivity contribution >= 4 is 26.8 Å². The van der Waals surface area contributed by atoms with Crippen molar-refractivity contribution in [2.45, 2.75) is 13.0 Å². The molecule has 3 nitrogen and oxygen atoms in total. The average molecular weight is 298 g/mol. The minimum atomic E-state index is -0.475. The Balaban J connectivity index is 2.57. The standard InChI is InChI=1S/C12H9BrFNO2/c1-6-5-17-12-10(13)8(14)4-7-9(16)2-3-15(6)11(7)12/h2-4,6H,5H2,1H3. The van der Waals surface area contributed by atoms with E-state index in [1.807, 2.05) is 11.5 Å². The SMILES string of the molecule is CC1COc2c(Br)c(F)cc3c(=O)ccn1c23. The van der Waals surface area contributed by atoms with Crippen LogP contribution in [0, 0.1) is 5.82 Å². The Morgan fingerprint density at radius 1 is 1.59 bits per heavy atom. The Hall–Kier alpha value is -1.36. The molecule has 0 saturated carbocycles. The van der Waals surface area contributed by atoms with Crippen LogP contribution in [0.25, 0.3) is 10.9 Å². The molecule has 88 valence electrons. The highest BCUT2D eigenvalue weighted by molar-refractivity contribution is 9.10. The molecular formula is C12H9BrFNO2. The van der Waals surface area contributed by atoms with Crippen molar-refractivity contribution in [2.24, 2.45) is 0 Å². The van der Waals surface area contributed by atoms with Crippen molar-refractivity contribution in [1.82, 2.24) is 4.57 Å². The first-order chi connectivity index (χ1) is 8.09. The predicted molar refractivity (Wildman–Crippen MR) is 66.1 cm³/mol. The summed E-state index contributed by atoms with van der Waals surface area (Å²) in [5.74, 6) is -0.0623. The van der Waals surface area contributed by atoms with Crippen molar-refractivity contribution in [2.75, 3.05) is 6.61 Å². The lowest BCUT2D eigenvalue weighted by atomic mass is 10.1. The molecule has 1 aliphatic heterocycles. The van der Waals surface area contributed by atoms with Gasteiger partial charge >= 0.3 is 0 Å². The molecule has 2 aromatic rings. The van der Waals surface area contributed by atoms with Gasteiger partial charge in [0.15, 0.2) is 11.2 Å². The molecular weight excluding hydrogens is 289 g/mol. The second kappa shape index (κ2) is 3.57. The highest BCUT2D eigenvalue weighted by Crippen LogP contribution is 2.38. The van der Waals surface area contributed by atoms with Gasteiger partial charge in [-0.1, -0.05) is 0 Å². The van der Waals surface area contributed by atoms with Gasteiger partial charge in [-0.2, -0.15) is 0 Å². The van der Waals surface area contributed by atoms with E-state index in [0.29, 0.717) is 23.3 Å². The van der Waals surface area contributed by atoms with Crippen LogP contribution >= 0.6 is 15.9 Å². The summed E-state index contributed by atoms with van der Waals surface area (Å²) < 4.78 is 21.4. The molecule has 0 N–H and O–H groups in total. The van der Waals surface area contributed by atoms with E-state index in [9.17, 15) is 9.18 Å². The van der Waals surface area contributed by atoms with Gasteiger partial charge in [0.1, 0.15) is 12.4 Å². The first-order valence-electron chi connectivity index (χ1n) is 5.25. The van der Waals surface area contributed by atoms with Gasteiger partial charge in [0, 0.05) is 12.3 Å². The number of halogens is 2. The van der Waals surface area contributed by atoms with Crippen LogP contribution in [0.4, 0.5) is 4.39 Å². The molecule has 2 heterocycles. The van der Waals surface area contributed by atoms with Crippen molar-refractivity contribution in [1.29, 1.82) is 0 Å². The van der Waals surface area contributed by atoms with Crippen LogP contribution in [-0.4, -0.2) is 11.2 Å². The second-order valence-corrected chi connectivity index (χ2v) is 4.94. The zero-order valence-electron chi connectivity index (χ0n) is 9.04. The fourth-order valence-electron chi connectivity index (χ4n) is 2.13. The summed E-state index contributed by atoms with van der Waals surface area (Å²) in [5, 5.41) is 0.356. The zero-order chi connectivity index (χ0) is 12.2. The van der Waals surface area contributed by atoms with E-state index >= 15 is 0 Å². The van der Waals surface area contributed by atoms with E-state index in [0.717, 1.165) is 0 Å². The topological polar surface area (TPSA) is 31.2 Å².